The van der Waals surface area contributed by atoms with E-state index in [9.17, 15) is 9.18 Å². The molecule has 6 nitrogen and oxygen atoms in total. The molecule has 1 N–H and O–H groups in total. The summed E-state index contributed by atoms with van der Waals surface area (Å²) >= 11 is 0. The van der Waals surface area contributed by atoms with E-state index in [-0.39, 0.29) is 11.4 Å². The quantitative estimate of drug-likeness (QED) is 0.466. The van der Waals surface area contributed by atoms with E-state index in [1.807, 2.05) is 24.3 Å². The number of ether oxygens (including phenoxy) is 1. The molecule has 3 heterocycles. The number of nitrogens with zero attached hydrogens (tertiary/aromatic N) is 2. The SMILES string of the molecule is O=c1ccc2ccc(OCCCN3CCC(c4noc5cc(F)ccc45)CC3)cc2[nH]1. The molecule has 0 bridgehead atoms. The molecule has 0 amide bonds. The summed E-state index contributed by atoms with van der Waals surface area (Å²) in [6, 6.07) is 13.7. The molecule has 1 aliphatic heterocycles. The first-order valence-corrected chi connectivity index (χ1v) is 10.7. The minimum Gasteiger partial charge on any atom is -0.493 e. The van der Waals surface area contributed by atoms with Crippen molar-refractivity contribution >= 4 is 21.9 Å². The minimum absolute atomic E-state index is 0.112. The first-order chi connectivity index (χ1) is 15.2. The van der Waals surface area contributed by atoms with Crippen LogP contribution in [-0.2, 0) is 0 Å². The van der Waals surface area contributed by atoms with Crippen molar-refractivity contribution in [1.82, 2.24) is 15.0 Å². The lowest BCUT2D eigenvalue weighted by Crippen LogP contribution is -2.34. The molecule has 5 rings (SSSR count). The number of likely N-dealkylation sites (tertiary alicyclic amines) is 1. The molecule has 0 atom stereocenters. The van der Waals surface area contributed by atoms with Gasteiger partial charge in [0.1, 0.15) is 11.6 Å². The third-order valence-corrected chi connectivity index (χ3v) is 6.02. The van der Waals surface area contributed by atoms with Gasteiger partial charge in [0.15, 0.2) is 5.58 Å². The molecule has 31 heavy (non-hydrogen) atoms. The van der Waals surface area contributed by atoms with Gasteiger partial charge in [-0.25, -0.2) is 4.39 Å². The van der Waals surface area contributed by atoms with Crippen LogP contribution in [0.2, 0.25) is 0 Å². The van der Waals surface area contributed by atoms with Crippen LogP contribution in [0.15, 0.2) is 57.8 Å². The molecule has 1 fully saturated rings. The van der Waals surface area contributed by atoms with E-state index in [0.29, 0.717) is 18.1 Å². The molecule has 0 radical (unpaired) electrons. The monoisotopic (exact) mass is 421 g/mol. The number of halogens is 1. The van der Waals surface area contributed by atoms with Crippen molar-refractivity contribution < 1.29 is 13.7 Å². The number of aromatic amines is 1. The van der Waals surface area contributed by atoms with E-state index in [4.69, 9.17) is 9.26 Å². The smallest absolute Gasteiger partial charge is 0.248 e. The Morgan fingerprint density at radius 1 is 1.13 bits per heavy atom. The van der Waals surface area contributed by atoms with Crippen LogP contribution < -0.4 is 10.3 Å². The lowest BCUT2D eigenvalue weighted by molar-refractivity contribution is 0.191. The third-order valence-electron chi connectivity index (χ3n) is 6.02. The van der Waals surface area contributed by atoms with Crippen LogP contribution in [0.4, 0.5) is 4.39 Å². The van der Waals surface area contributed by atoms with Gasteiger partial charge in [0, 0.05) is 36.0 Å². The highest BCUT2D eigenvalue weighted by atomic mass is 19.1. The Morgan fingerprint density at radius 3 is 2.84 bits per heavy atom. The first-order valence-electron chi connectivity index (χ1n) is 10.7. The lowest BCUT2D eigenvalue weighted by atomic mass is 9.91. The minimum atomic E-state index is -0.302. The molecule has 1 saturated heterocycles. The van der Waals surface area contributed by atoms with E-state index < -0.39 is 0 Å². The fourth-order valence-corrected chi connectivity index (χ4v) is 4.35. The predicted octanol–water partition coefficient (Wildman–Crippen LogP) is 4.46. The largest absolute Gasteiger partial charge is 0.493 e. The summed E-state index contributed by atoms with van der Waals surface area (Å²) in [7, 11) is 0. The summed E-state index contributed by atoms with van der Waals surface area (Å²) in [6.07, 6.45) is 2.95. The molecule has 1 aliphatic rings. The van der Waals surface area contributed by atoms with Gasteiger partial charge in [0.05, 0.1) is 17.8 Å². The summed E-state index contributed by atoms with van der Waals surface area (Å²) in [6.45, 7) is 3.60. The number of nitrogens with one attached hydrogen (secondary N) is 1. The second kappa shape index (κ2) is 8.51. The van der Waals surface area contributed by atoms with E-state index >= 15 is 0 Å². The number of pyridine rings is 1. The van der Waals surface area contributed by atoms with Gasteiger partial charge >= 0.3 is 0 Å². The number of fused-ring (bicyclic) bond motifs is 2. The highest BCUT2D eigenvalue weighted by Crippen LogP contribution is 2.32. The maximum atomic E-state index is 13.4. The van der Waals surface area contributed by atoms with E-state index in [1.54, 1.807) is 6.07 Å². The summed E-state index contributed by atoms with van der Waals surface area (Å²) in [4.78, 5) is 16.8. The summed E-state index contributed by atoms with van der Waals surface area (Å²) in [5, 5.41) is 6.13. The van der Waals surface area contributed by atoms with Gasteiger partial charge in [-0.2, -0.15) is 0 Å². The van der Waals surface area contributed by atoms with Crippen LogP contribution in [0.3, 0.4) is 0 Å². The zero-order valence-corrected chi connectivity index (χ0v) is 17.1. The van der Waals surface area contributed by atoms with Crippen LogP contribution >= 0.6 is 0 Å². The normalized spacial score (nSPS) is 15.6. The van der Waals surface area contributed by atoms with Gasteiger partial charge in [-0.3, -0.25) is 4.79 Å². The number of aromatic nitrogens is 2. The zero-order valence-electron chi connectivity index (χ0n) is 17.1. The molecule has 0 aliphatic carbocycles. The third kappa shape index (κ3) is 4.32. The molecule has 160 valence electrons. The Bertz CT molecular complexity index is 1260. The number of hydrogen-bond donors (Lipinski definition) is 1. The summed E-state index contributed by atoms with van der Waals surface area (Å²) < 4.78 is 24.6. The van der Waals surface area contributed by atoms with Gasteiger partial charge in [-0.1, -0.05) is 5.16 Å². The fraction of sp³-hybridized carbons (Fsp3) is 0.333. The molecule has 0 spiro atoms. The molecular weight excluding hydrogens is 397 g/mol. The molecular formula is C24H24FN3O3. The van der Waals surface area contributed by atoms with Crippen LogP contribution in [0.1, 0.15) is 30.9 Å². The number of H-pyrrole nitrogens is 1. The van der Waals surface area contributed by atoms with Crippen molar-refractivity contribution in [2.24, 2.45) is 0 Å². The van der Waals surface area contributed by atoms with Crippen molar-refractivity contribution in [3.63, 3.8) is 0 Å². The molecule has 0 saturated carbocycles. The van der Waals surface area contributed by atoms with Gasteiger partial charge < -0.3 is 19.1 Å². The predicted molar refractivity (Wildman–Crippen MR) is 117 cm³/mol. The highest BCUT2D eigenvalue weighted by molar-refractivity contribution is 5.80. The molecule has 4 aromatic rings. The standard InChI is InChI=1S/C24H24FN3O3/c25-18-4-6-20-22(14-18)31-27-24(20)17-8-11-28(12-9-17)10-1-13-30-19-5-2-16-3-7-23(29)26-21(16)15-19/h2-7,14-15,17H,1,8-13H2,(H,26,29). The Morgan fingerprint density at radius 2 is 1.97 bits per heavy atom. The maximum Gasteiger partial charge on any atom is 0.248 e. The van der Waals surface area contributed by atoms with Gasteiger partial charge in [0.2, 0.25) is 5.56 Å². The second-order valence-corrected chi connectivity index (χ2v) is 8.10. The van der Waals surface area contributed by atoms with Crippen molar-refractivity contribution in [2.45, 2.75) is 25.2 Å². The van der Waals surface area contributed by atoms with E-state index in [1.165, 1.54) is 18.2 Å². The van der Waals surface area contributed by atoms with E-state index in [0.717, 1.165) is 66.6 Å². The van der Waals surface area contributed by atoms with Crippen LogP contribution in [-0.4, -0.2) is 41.3 Å². The topological polar surface area (TPSA) is 71.4 Å². The number of hydrogen-bond acceptors (Lipinski definition) is 5. The van der Waals surface area contributed by atoms with Crippen LogP contribution in [0, 0.1) is 5.82 Å². The van der Waals surface area contributed by atoms with Crippen molar-refractivity contribution in [1.29, 1.82) is 0 Å². The highest BCUT2D eigenvalue weighted by Gasteiger charge is 2.24. The Labute approximate surface area is 178 Å². The molecule has 2 aromatic heterocycles. The number of benzene rings is 2. The Kier molecular flexibility index (Phi) is 5.42. The Balaban J connectivity index is 1.10. The van der Waals surface area contributed by atoms with Crippen LogP contribution in [0.25, 0.3) is 21.9 Å². The first kappa shape index (κ1) is 19.8. The summed E-state index contributed by atoms with van der Waals surface area (Å²) in [5.74, 6) is 0.811. The number of rotatable bonds is 6. The van der Waals surface area contributed by atoms with Crippen molar-refractivity contribution in [3.8, 4) is 5.75 Å². The molecule has 0 unspecified atom stereocenters. The average Bonchev–Trinajstić information content (AvgIpc) is 3.20. The number of piperidine rings is 1. The Hall–Kier alpha value is -3.19. The van der Waals surface area contributed by atoms with Gasteiger partial charge in [-0.15, -0.1) is 0 Å². The lowest BCUT2D eigenvalue weighted by Gasteiger charge is -2.31. The van der Waals surface area contributed by atoms with Gasteiger partial charge in [0.25, 0.3) is 0 Å². The fourth-order valence-electron chi connectivity index (χ4n) is 4.35. The van der Waals surface area contributed by atoms with Crippen molar-refractivity contribution in [3.05, 3.63) is 70.4 Å². The zero-order chi connectivity index (χ0) is 21.2. The van der Waals surface area contributed by atoms with Crippen molar-refractivity contribution in [2.75, 3.05) is 26.2 Å². The summed E-state index contributed by atoms with van der Waals surface area (Å²) in [5.41, 5.74) is 2.15. The molecule has 2 aromatic carbocycles. The maximum absolute atomic E-state index is 13.4. The molecule has 7 heteroatoms. The van der Waals surface area contributed by atoms with Crippen LogP contribution in [0.5, 0.6) is 5.75 Å². The second-order valence-electron chi connectivity index (χ2n) is 8.10. The van der Waals surface area contributed by atoms with Gasteiger partial charge in [-0.05, 0) is 68.1 Å². The average molecular weight is 421 g/mol. The van der Waals surface area contributed by atoms with E-state index in [2.05, 4.69) is 15.0 Å².